The van der Waals surface area contributed by atoms with Crippen LogP contribution < -0.4 is 10.2 Å². The molecule has 2 amide bonds. The van der Waals surface area contributed by atoms with E-state index in [1.165, 1.54) is 17.0 Å². The number of thiocarbonyl (C=S) groups is 1. The van der Waals surface area contributed by atoms with E-state index >= 15 is 0 Å². The topological polar surface area (TPSA) is 97.5 Å². The number of non-ortho nitro benzene ring substituents is 1. The summed E-state index contributed by atoms with van der Waals surface area (Å²) in [5.41, 5.74) is 6.83. The predicted molar refractivity (Wildman–Crippen MR) is 175 cm³/mol. The van der Waals surface area contributed by atoms with Crippen molar-refractivity contribution in [1.82, 2.24) is 9.88 Å². The van der Waals surface area contributed by atoms with Crippen molar-refractivity contribution < 1.29 is 14.5 Å². The van der Waals surface area contributed by atoms with E-state index in [1.807, 2.05) is 97.3 Å². The summed E-state index contributed by atoms with van der Waals surface area (Å²) in [7, 11) is 0. The van der Waals surface area contributed by atoms with Gasteiger partial charge in [-0.1, -0.05) is 72.8 Å². The Morgan fingerprint density at radius 3 is 2.09 bits per heavy atom. The van der Waals surface area contributed by atoms with Gasteiger partial charge in [-0.3, -0.25) is 29.9 Å². The zero-order chi connectivity index (χ0) is 31.0. The molecule has 0 aliphatic carbocycles. The van der Waals surface area contributed by atoms with Gasteiger partial charge in [0.15, 0.2) is 5.11 Å². The number of nitro benzene ring substituents is 1. The Morgan fingerprint density at radius 1 is 0.818 bits per heavy atom. The summed E-state index contributed by atoms with van der Waals surface area (Å²) < 4.78 is 1.99. The number of nitrogens with zero attached hydrogens (tertiary/aromatic N) is 3. The fourth-order valence-corrected chi connectivity index (χ4v) is 5.63. The normalized spacial score (nSPS) is 14.2. The summed E-state index contributed by atoms with van der Waals surface area (Å²) in [6.45, 7) is 3.86. The van der Waals surface area contributed by atoms with Crippen molar-refractivity contribution in [3.05, 3.63) is 142 Å². The molecule has 1 aromatic heterocycles. The van der Waals surface area contributed by atoms with Crippen molar-refractivity contribution in [1.29, 1.82) is 0 Å². The first-order valence-electron chi connectivity index (χ1n) is 13.8. The number of hydrogen-bond acceptors (Lipinski definition) is 5. The Hall–Kier alpha value is -5.67. The number of nitrogens with one attached hydrogen (secondary N) is 1. The first kappa shape index (κ1) is 28.4. The molecule has 0 unspecified atom stereocenters. The molecular weight excluding hydrogens is 572 g/mol. The van der Waals surface area contributed by atoms with Gasteiger partial charge in [-0.05, 0) is 78.7 Å². The highest BCUT2D eigenvalue weighted by Gasteiger charge is 2.36. The molecule has 9 heteroatoms. The molecule has 216 valence electrons. The monoisotopic (exact) mass is 598 g/mol. The smallest absolute Gasteiger partial charge is 0.270 e. The fourth-order valence-electron chi connectivity index (χ4n) is 5.35. The molecule has 2 heterocycles. The van der Waals surface area contributed by atoms with E-state index in [0.717, 1.165) is 27.9 Å². The lowest BCUT2D eigenvalue weighted by molar-refractivity contribution is -0.384. The molecule has 1 saturated heterocycles. The van der Waals surface area contributed by atoms with E-state index in [9.17, 15) is 19.7 Å². The number of aromatic nitrogens is 1. The van der Waals surface area contributed by atoms with Crippen molar-refractivity contribution in [2.24, 2.45) is 0 Å². The number of benzene rings is 4. The van der Waals surface area contributed by atoms with Crippen LogP contribution in [0.5, 0.6) is 0 Å². The second kappa shape index (κ2) is 11.5. The maximum Gasteiger partial charge on any atom is 0.270 e. The zero-order valence-corrected chi connectivity index (χ0v) is 24.7. The van der Waals surface area contributed by atoms with Crippen LogP contribution in [0.15, 0.2) is 115 Å². The van der Waals surface area contributed by atoms with Gasteiger partial charge >= 0.3 is 0 Å². The summed E-state index contributed by atoms with van der Waals surface area (Å²) in [5.74, 6) is -1.12. The summed E-state index contributed by atoms with van der Waals surface area (Å²) in [5, 5.41) is 14.1. The lowest BCUT2D eigenvalue weighted by Gasteiger charge is -2.30. The van der Waals surface area contributed by atoms with Gasteiger partial charge in [0.1, 0.15) is 5.57 Å². The SMILES string of the molecule is Cc1cccc(N2C(=O)/C(=C\c3cc(-c4ccccc4)n(-c4ccc([N+](=O)[O-])cc4)c3-c3ccccc3)C(=O)NC2=S)c1C. The van der Waals surface area contributed by atoms with Crippen LogP contribution in [0.25, 0.3) is 34.3 Å². The van der Waals surface area contributed by atoms with Crippen LogP contribution >= 0.6 is 12.2 Å². The number of amides is 2. The van der Waals surface area contributed by atoms with Crippen molar-refractivity contribution in [2.75, 3.05) is 4.90 Å². The van der Waals surface area contributed by atoms with Crippen molar-refractivity contribution in [3.8, 4) is 28.2 Å². The standard InChI is InChI=1S/C35H26N4O4S/c1-22-10-9-15-30(23(22)2)38-34(41)29(33(40)36-35(38)44)20-26-21-31(24-11-5-3-6-12-24)37(32(26)25-13-7-4-8-14-25)27-16-18-28(19-17-27)39(42)43/h3-21H,1-2H3,(H,36,40,44)/b29-20-. The van der Waals surface area contributed by atoms with E-state index in [-0.39, 0.29) is 16.4 Å². The molecule has 5 aromatic rings. The molecule has 4 aromatic carbocycles. The quantitative estimate of drug-likeness (QED) is 0.0735. The number of nitro groups is 1. The van der Waals surface area contributed by atoms with Gasteiger partial charge in [0.25, 0.3) is 17.5 Å². The van der Waals surface area contributed by atoms with Crippen LogP contribution in [0.3, 0.4) is 0 Å². The molecule has 0 bridgehead atoms. The summed E-state index contributed by atoms with van der Waals surface area (Å²) >= 11 is 5.46. The van der Waals surface area contributed by atoms with E-state index in [2.05, 4.69) is 5.32 Å². The molecule has 44 heavy (non-hydrogen) atoms. The predicted octanol–water partition coefficient (Wildman–Crippen LogP) is 7.17. The minimum Gasteiger partial charge on any atom is -0.309 e. The molecule has 0 saturated carbocycles. The highest BCUT2D eigenvalue weighted by molar-refractivity contribution is 7.80. The third-order valence-corrected chi connectivity index (χ3v) is 7.97. The first-order chi connectivity index (χ1) is 21.2. The Bertz CT molecular complexity index is 1980. The largest absolute Gasteiger partial charge is 0.309 e. The van der Waals surface area contributed by atoms with Crippen LogP contribution in [0.4, 0.5) is 11.4 Å². The molecule has 0 spiro atoms. The number of hydrogen-bond donors (Lipinski definition) is 1. The lowest BCUT2D eigenvalue weighted by Crippen LogP contribution is -2.54. The van der Waals surface area contributed by atoms with Gasteiger partial charge in [0.05, 0.1) is 22.0 Å². The molecular formula is C35H26N4O4S. The Balaban J connectivity index is 1.60. The van der Waals surface area contributed by atoms with Gasteiger partial charge in [-0.25, -0.2) is 0 Å². The lowest BCUT2D eigenvalue weighted by atomic mass is 10.0. The number of rotatable bonds is 6. The van der Waals surface area contributed by atoms with Crippen LogP contribution in [0, 0.1) is 24.0 Å². The minimum atomic E-state index is -0.593. The second-order valence-corrected chi connectivity index (χ2v) is 10.7. The molecule has 6 rings (SSSR count). The zero-order valence-electron chi connectivity index (χ0n) is 23.9. The molecule has 1 aliphatic rings. The molecule has 0 atom stereocenters. The van der Waals surface area contributed by atoms with Gasteiger partial charge < -0.3 is 4.57 Å². The van der Waals surface area contributed by atoms with Gasteiger partial charge in [0.2, 0.25) is 0 Å². The number of carbonyl (C=O) groups excluding carboxylic acids is 2. The van der Waals surface area contributed by atoms with Gasteiger partial charge in [-0.15, -0.1) is 0 Å². The minimum absolute atomic E-state index is 0.0163. The average molecular weight is 599 g/mol. The van der Waals surface area contributed by atoms with Crippen molar-refractivity contribution in [3.63, 3.8) is 0 Å². The number of anilines is 1. The van der Waals surface area contributed by atoms with Crippen molar-refractivity contribution in [2.45, 2.75) is 13.8 Å². The Labute approximate surface area is 259 Å². The van der Waals surface area contributed by atoms with Crippen LogP contribution in [-0.2, 0) is 9.59 Å². The Kier molecular flexibility index (Phi) is 7.46. The number of aryl methyl sites for hydroxylation is 1. The summed E-state index contributed by atoms with van der Waals surface area (Å²) in [4.78, 5) is 39.7. The van der Waals surface area contributed by atoms with Crippen molar-refractivity contribution >= 4 is 46.6 Å². The van der Waals surface area contributed by atoms with Gasteiger partial charge in [-0.2, -0.15) is 0 Å². The maximum atomic E-state index is 14.0. The molecule has 0 radical (unpaired) electrons. The van der Waals surface area contributed by atoms with Crippen LogP contribution in [0.1, 0.15) is 16.7 Å². The molecule has 1 N–H and O–H groups in total. The van der Waals surface area contributed by atoms with E-state index in [0.29, 0.717) is 22.6 Å². The number of carbonyl (C=O) groups is 2. The van der Waals surface area contributed by atoms with Crippen LogP contribution in [-0.4, -0.2) is 26.4 Å². The third-order valence-electron chi connectivity index (χ3n) is 7.68. The Morgan fingerprint density at radius 2 is 1.45 bits per heavy atom. The highest BCUT2D eigenvalue weighted by Crippen LogP contribution is 2.38. The van der Waals surface area contributed by atoms with E-state index < -0.39 is 16.7 Å². The third kappa shape index (κ3) is 5.10. The maximum absolute atomic E-state index is 14.0. The van der Waals surface area contributed by atoms with Gasteiger partial charge in [0, 0.05) is 23.4 Å². The summed E-state index contributed by atoms with van der Waals surface area (Å²) in [6, 6.07) is 33.1. The van der Waals surface area contributed by atoms with Crippen LogP contribution in [0.2, 0.25) is 0 Å². The summed E-state index contributed by atoms with van der Waals surface area (Å²) in [6.07, 6.45) is 1.59. The van der Waals surface area contributed by atoms with E-state index in [1.54, 1.807) is 24.3 Å². The van der Waals surface area contributed by atoms with E-state index in [4.69, 9.17) is 12.2 Å². The molecule has 1 aliphatic heterocycles. The first-order valence-corrected chi connectivity index (χ1v) is 14.2. The molecule has 1 fully saturated rings. The highest BCUT2D eigenvalue weighted by atomic mass is 32.1. The second-order valence-electron chi connectivity index (χ2n) is 10.4. The molecule has 8 nitrogen and oxygen atoms in total. The average Bonchev–Trinajstić information content (AvgIpc) is 3.41. The fraction of sp³-hybridized carbons (Fsp3) is 0.0571.